The molecule has 0 saturated heterocycles. The van der Waals surface area contributed by atoms with Gasteiger partial charge in [-0.3, -0.25) is 9.56 Å². The zero-order chi connectivity index (χ0) is 11.3. The molecule has 0 unspecified atom stereocenters. The van der Waals surface area contributed by atoms with Crippen LogP contribution in [0.5, 0.6) is 0 Å². The molecule has 15 heavy (non-hydrogen) atoms. The first kappa shape index (κ1) is 11.7. The van der Waals surface area contributed by atoms with E-state index in [2.05, 4.69) is 36.8 Å². The molecule has 0 amide bonds. The standard InChI is InChI=1S/C12H19N3/c1-5-6-7-15-9-14-11(10(2)3)8-12(15)13-4/h6-10H,5H2,1-4H3/b7-6-,13-12?. The molecule has 0 spiro atoms. The highest BCUT2D eigenvalue weighted by Gasteiger charge is 2.00. The van der Waals surface area contributed by atoms with Crippen molar-refractivity contribution in [3.8, 4) is 0 Å². The van der Waals surface area contributed by atoms with E-state index >= 15 is 0 Å². The van der Waals surface area contributed by atoms with Gasteiger partial charge in [0.1, 0.15) is 11.8 Å². The Kier molecular flexibility index (Phi) is 4.28. The molecular formula is C12H19N3. The Balaban J connectivity index is 3.16. The maximum Gasteiger partial charge on any atom is 0.134 e. The van der Waals surface area contributed by atoms with Crippen molar-refractivity contribution in [2.24, 2.45) is 4.99 Å². The first-order valence-electron chi connectivity index (χ1n) is 5.36. The third-order valence-corrected chi connectivity index (χ3v) is 2.20. The molecule has 0 aliphatic rings. The van der Waals surface area contributed by atoms with Crippen molar-refractivity contribution in [2.75, 3.05) is 7.05 Å². The largest absolute Gasteiger partial charge is 0.293 e. The molecule has 3 heteroatoms. The van der Waals surface area contributed by atoms with Crippen molar-refractivity contribution in [3.05, 3.63) is 29.7 Å². The zero-order valence-electron chi connectivity index (χ0n) is 9.94. The van der Waals surface area contributed by atoms with E-state index in [1.807, 2.05) is 23.2 Å². The van der Waals surface area contributed by atoms with Gasteiger partial charge in [-0.25, -0.2) is 4.98 Å². The number of nitrogens with zero attached hydrogens (tertiary/aromatic N) is 3. The van der Waals surface area contributed by atoms with Gasteiger partial charge in [-0.05, 0) is 12.3 Å². The lowest BCUT2D eigenvalue weighted by molar-refractivity contribution is 0.788. The number of aromatic nitrogens is 2. The summed E-state index contributed by atoms with van der Waals surface area (Å²) in [5.41, 5.74) is 2.02. The topological polar surface area (TPSA) is 30.2 Å². The van der Waals surface area contributed by atoms with Crippen molar-refractivity contribution < 1.29 is 0 Å². The van der Waals surface area contributed by atoms with Crippen LogP contribution >= 0.6 is 0 Å². The molecule has 0 N–H and O–H groups in total. The minimum Gasteiger partial charge on any atom is -0.293 e. The summed E-state index contributed by atoms with van der Waals surface area (Å²) in [5, 5.41) is 0. The van der Waals surface area contributed by atoms with Gasteiger partial charge < -0.3 is 0 Å². The van der Waals surface area contributed by atoms with Crippen LogP contribution < -0.4 is 5.49 Å². The second-order valence-corrected chi connectivity index (χ2v) is 3.75. The maximum absolute atomic E-state index is 4.39. The predicted octanol–water partition coefficient (Wildman–Crippen LogP) is 2.42. The fourth-order valence-corrected chi connectivity index (χ4v) is 1.26. The van der Waals surface area contributed by atoms with Crippen LogP contribution in [0, 0.1) is 0 Å². The lowest BCUT2D eigenvalue weighted by Gasteiger charge is -2.06. The molecule has 82 valence electrons. The molecule has 0 bridgehead atoms. The zero-order valence-corrected chi connectivity index (χ0v) is 9.94. The molecule has 0 aliphatic heterocycles. The molecule has 0 aromatic carbocycles. The Labute approximate surface area is 91.2 Å². The van der Waals surface area contributed by atoms with E-state index in [4.69, 9.17) is 0 Å². The van der Waals surface area contributed by atoms with E-state index in [0.29, 0.717) is 5.92 Å². The summed E-state index contributed by atoms with van der Waals surface area (Å²) in [5.74, 6) is 0.440. The van der Waals surface area contributed by atoms with E-state index < -0.39 is 0 Å². The molecular weight excluding hydrogens is 186 g/mol. The highest BCUT2D eigenvalue weighted by Crippen LogP contribution is 2.07. The number of rotatable bonds is 3. The first-order chi connectivity index (χ1) is 7.19. The third-order valence-electron chi connectivity index (χ3n) is 2.20. The Morgan fingerprint density at radius 1 is 1.53 bits per heavy atom. The molecule has 0 saturated carbocycles. The van der Waals surface area contributed by atoms with E-state index in [0.717, 1.165) is 17.6 Å². The average molecular weight is 205 g/mol. The summed E-state index contributed by atoms with van der Waals surface area (Å²) in [7, 11) is 1.80. The summed E-state index contributed by atoms with van der Waals surface area (Å²) in [6, 6.07) is 2.03. The van der Waals surface area contributed by atoms with Gasteiger partial charge in [0, 0.05) is 25.0 Å². The van der Waals surface area contributed by atoms with Crippen LogP contribution in [-0.2, 0) is 0 Å². The van der Waals surface area contributed by atoms with Gasteiger partial charge in [-0.2, -0.15) is 0 Å². The van der Waals surface area contributed by atoms with Crippen molar-refractivity contribution in [2.45, 2.75) is 33.1 Å². The Morgan fingerprint density at radius 3 is 2.80 bits per heavy atom. The molecule has 0 fully saturated rings. The van der Waals surface area contributed by atoms with Crippen molar-refractivity contribution in [3.63, 3.8) is 0 Å². The van der Waals surface area contributed by atoms with Crippen LogP contribution in [0.4, 0.5) is 0 Å². The van der Waals surface area contributed by atoms with Gasteiger partial charge in [0.15, 0.2) is 0 Å². The van der Waals surface area contributed by atoms with Crippen LogP contribution in [0.15, 0.2) is 23.5 Å². The summed E-state index contributed by atoms with van der Waals surface area (Å²) >= 11 is 0. The van der Waals surface area contributed by atoms with Gasteiger partial charge in [-0.15, -0.1) is 0 Å². The predicted molar refractivity (Wildman–Crippen MR) is 63.4 cm³/mol. The summed E-state index contributed by atoms with van der Waals surface area (Å²) in [6.07, 6.45) is 6.93. The molecule has 0 aliphatic carbocycles. The molecule has 1 heterocycles. The Bertz CT molecular complexity index is 400. The molecule has 0 radical (unpaired) electrons. The Hall–Kier alpha value is -1.38. The maximum atomic E-state index is 4.39. The van der Waals surface area contributed by atoms with E-state index in [9.17, 15) is 0 Å². The van der Waals surface area contributed by atoms with E-state index in [-0.39, 0.29) is 0 Å². The molecule has 1 rings (SSSR count). The van der Waals surface area contributed by atoms with Crippen LogP contribution in [0.2, 0.25) is 0 Å². The minimum absolute atomic E-state index is 0.440. The number of hydrogen-bond donors (Lipinski definition) is 0. The highest BCUT2D eigenvalue weighted by atomic mass is 15.0. The van der Waals surface area contributed by atoms with Crippen LogP contribution in [0.3, 0.4) is 0 Å². The fraction of sp³-hybridized carbons (Fsp3) is 0.500. The third kappa shape index (κ3) is 3.05. The smallest absolute Gasteiger partial charge is 0.134 e. The second kappa shape index (κ2) is 5.49. The highest BCUT2D eigenvalue weighted by molar-refractivity contribution is 5.22. The van der Waals surface area contributed by atoms with E-state index in [1.54, 1.807) is 7.05 Å². The quantitative estimate of drug-likeness (QED) is 0.745. The minimum atomic E-state index is 0.440. The van der Waals surface area contributed by atoms with Gasteiger partial charge in [-0.1, -0.05) is 26.8 Å². The molecule has 1 aromatic rings. The van der Waals surface area contributed by atoms with Gasteiger partial charge in [0.25, 0.3) is 0 Å². The molecule has 3 nitrogen and oxygen atoms in total. The summed E-state index contributed by atoms with van der Waals surface area (Å²) in [4.78, 5) is 8.63. The van der Waals surface area contributed by atoms with Crippen molar-refractivity contribution >= 4 is 6.20 Å². The molecule has 1 aromatic heterocycles. The lowest BCUT2D eigenvalue weighted by Crippen LogP contribution is -2.18. The monoisotopic (exact) mass is 205 g/mol. The number of allylic oxidation sites excluding steroid dienone is 1. The second-order valence-electron chi connectivity index (χ2n) is 3.75. The van der Waals surface area contributed by atoms with Crippen molar-refractivity contribution in [1.82, 2.24) is 9.55 Å². The summed E-state index contributed by atoms with van der Waals surface area (Å²) < 4.78 is 1.94. The average Bonchev–Trinajstić information content (AvgIpc) is 2.25. The normalized spacial score (nSPS) is 13.0. The number of hydrogen-bond acceptors (Lipinski definition) is 2. The van der Waals surface area contributed by atoms with Crippen LogP contribution in [0.1, 0.15) is 38.8 Å². The van der Waals surface area contributed by atoms with Crippen LogP contribution in [-0.4, -0.2) is 16.6 Å². The van der Waals surface area contributed by atoms with Gasteiger partial charge in [0.05, 0.1) is 0 Å². The SMILES string of the molecule is CC/C=C\n1cnc(C(C)C)cc1=NC. The molecule has 0 atom stereocenters. The summed E-state index contributed by atoms with van der Waals surface area (Å²) in [6.45, 7) is 6.37. The first-order valence-corrected chi connectivity index (χ1v) is 5.36. The van der Waals surface area contributed by atoms with Crippen molar-refractivity contribution in [1.29, 1.82) is 0 Å². The van der Waals surface area contributed by atoms with Gasteiger partial charge in [0.2, 0.25) is 0 Å². The van der Waals surface area contributed by atoms with Gasteiger partial charge >= 0.3 is 0 Å². The Morgan fingerprint density at radius 2 is 2.27 bits per heavy atom. The lowest BCUT2D eigenvalue weighted by atomic mass is 10.1. The fourth-order valence-electron chi connectivity index (χ4n) is 1.26. The van der Waals surface area contributed by atoms with Crippen LogP contribution in [0.25, 0.3) is 6.20 Å². The van der Waals surface area contributed by atoms with E-state index in [1.165, 1.54) is 0 Å².